The molecule has 1 aromatic heterocycles. The van der Waals surface area contributed by atoms with E-state index in [0.717, 1.165) is 30.2 Å². The highest BCUT2D eigenvalue weighted by Gasteiger charge is 2.23. The van der Waals surface area contributed by atoms with Crippen molar-refractivity contribution in [2.24, 2.45) is 0 Å². The Morgan fingerprint density at radius 3 is 2.63 bits per heavy atom. The molecule has 0 saturated heterocycles. The van der Waals surface area contributed by atoms with E-state index in [1.807, 2.05) is 0 Å². The third-order valence-electron chi connectivity index (χ3n) is 5.52. The molecule has 3 heteroatoms. The summed E-state index contributed by atoms with van der Waals surface area (Å²) < 4.78 is 2.12. The molecule has 3 nitrogen and oxygen atoms in total. The number of hydrogen-bond donors (Lipinski definition) is 1. The van der Waals surface area contributed by atoms with E-state index >= 15 is 0 Å². The zero-order chi connectivity index (χ0) is 18.2. The molecular formula is C24H23N3. The molecule has 0 unspecified atom stereocenters. The van der Waals surface area contributed by atoms with Crippen LogP contribution in [-0.4, -0.2) is 16.3 Å². The highest BCUT2D eigenvalue weighted by Crippen LogP contribution is 2.37. The van der Waals surface area contributed by atoms with E-state index in [9.17, 15) is 0 Å². The van der Waals surface area contributed by atoms with Crippen molar-refractivity contribution in [3.63, 3.8) is 0 Å². The smallest absolute Gasteiger partial charge is 0.133 e. The van der Waals surface area contributed by atoms with Crippen LogP contribution in [0.15, 0.2) is 66.7 Å². The fourth-order valence-electron chi connectivity index (χ4n) is 4.13. The van der Waals surface area contributed by atoms with E-state index in [2.05, 4.69) is 83.7 Å². The molecule has 0 bridgehead atoms. The summed E-state index contributed by atoms with van der Waals surface area (Å²) in [6.07, 6.45) is 3.45. The standard InChI is InChI=1S/C24H23N3/c1-17-9-2-5-15-22(17)27-24-21(13-6-7-16-25-24)23(26-27)20-14-8-11-18-10-3-4-12-19(18)20/h2-5,8-12,14-15,25H,6-7,13,16H2,1H3. The normalized spacial score (nSPS) is 13.8. The third kappa shape index (κ3) is 2.71. The van der Waals surface area contributed by atoms with Gasteiger partial charge in [-0.1, -0.05) is 60.7 Å². The monoisotopic (exact) mass is 353 g/mol. The van der Waals surface area contributed by atoms with Gasteiger partial charge in [0.25, 0.3) is 0 Å². The molecular weight excluding hydrogens is 330 g/mol. The maximum absolute atomic E-state index is 5.14. The van der Waals surface area contributed by atoms with Crippen molar-refractivity contribution in [3.8, 4) is 16.9 Å². The number of hydrogen-bond acceptors (Lipinski definition) is 2. The Kier molecular flexibility index (Phi) is 3.93. The second kappa shape index (κ2) is 6.58. The Bertz CT molecular complexity index is 1120. The van der Waals surface area contributed by atoms with Gasteiger partial charge in [0.1, 0.15) is 5.82 Å². The Labute approximate surface area is 159 Å². The van der Waals surface area contributed by atoms with Crippen molar-refractivity contribution in [2.75, 3.05) is 11.9 Å². The van der Waals surface area contributed by atoms with Crippen molar-refractivity contribution in [3.05, 3.63) is 77.9 Å². The second-order valence-electron chi connectivity index (χ2n) is 7.28. The van der Waals surface area contributed by atoms with Crippen LogP contribution in [0.4, 0.5) is 5.82 Å². The van der Waals surface area contributed by atoms with Crippen molar-refractivity contribution >= 4 is 16.6 Å². The minimum atomic E-state index is 1.000. The van der Waals surface area contributed by atoms with Crippen LogP contribution in [0, 0.1) is 6.92 Å². The molecule has 0 atom stereocenters. The fourth-order valence-corrected chi connectivity index (χ4v) is 4.13. The van der Waals surface area contributed by atoms with Crippen molar-refractivity contribution < 1.29 is 0 Å². The van der Waals surface area contributed by atoms with Crippen LogP contribution >= 0.6 is 0 Å². The SMILES string of the molecule is Cc1ccccc1-n1nc(-c2cccc3ccccc23)c2c1NCCCC2. The lowest BCUT2D eigenvalue weighted by atomic mass is 9.98. The zero-order valence-corrected chi connectivity index (χ0v) is 15.6. The summed E-state index contributed by atoms with van der Waals surface area (Å²) in [5.74, 6) is 1.16. The van der Waals surface area contributed by atoms with Crippen LogP contribution in [0.25, 0.3) is 27.7 Å². The summed E-state index contributed by atoms with van der Waals surface area (Å²) in [5, 5.41) is 11.3. The van der Waals surface area contributed by atoms with Gasteiger partial charge in [-0.15, -0.1) is 0 Å². The Balaban J connectivity index is 1.79. The average Bonchev–Trinajstić information content (AvgIpc) is 2.88. The predicted octanol–water partition coefficient (Wildman–Crippen LogP) is 5.75. The number of rotatable bonds is 2. The van der Waals surface area contributed by atoms with Gasteiger partial charge in [-0.05, 0) is 48.6 Å². The summed E-state index contributed by atoms with van der Waals surface area (Å²) in [6, 6.07) is 23.6. The first-order valence-electron chi connectivity index (χ1n) is 9.73. The maximum atomic E-state index is 5.14. The predicted molar refractivity (Wildman–Crippen MR) is 113 cm³/mol. The first-order chi connectivity index (χ1) is 13.3. The highest BCUT2D eigenvalue weighted by molar-refractivity contribution is 5.97. The first kappa shape index (κ1) is 16.1. The van der Waals surface area contributed by atoms with Crippen LogP contribution in [-0.2, 0) is 6.42 Å². The Morgan fingerprint density at radius 2 is 1.70 bits per heavy atom. The minimum Gasteiger partial charge on any atom is -0.370 e. The molecule has 0 amide bonds. The molecule has 5 rings (SSSR count). The highest BCUT2D eigenvalue weighted by atomic mass is 15.3. The van der Waals surface area contributed by atoms with Gasteiger partial charge in [0.05, 0.1) is 11.4 Å². The molecule has 0 aliphatic carbocycles. The van der Waals surface area contributed by atoms with Gasteiger partial charge in [-0.2, -0.15) is 5.10 Å². The maximum Gasteiger partial charge on any atom is 0.133 e. The number of nitrogens with zero attached hydrogens (tertiary/aromatic N) is 2. The minimum absolute atomic E-state index is 1.000. The molecule has 134 valence electrons. The quantitative estimate of drug-likeness (QED) is 0.497. The largest absolute Gasteiger partial charge is 0.370 e. The molecule has 4 aromatic rings. The van der Waals surface area contributed by atoms with Gasteiger partial charge in [0.2, 0.25) is 0 Å². The molecule has 2 heterocycles. The molecule has 0 radical (unpaired) electrons. The molecule has 0 fully saturated rings. The molecule has 1 N–H and O–H groups in total. The van der Waals surface area contributed by atoms with E-state index in [1.54, 1.807) is 0 Å². The topological polar surface area (TPSA) is 29.9 Å². The number of fused-ring (bicyclic) bond motifs is 2. The lowest BCUT2D eigenvalue weighted by molar-refractivity contribution is 0.780. The number of aromatic nitrogens is 2. The van der Waals surface area contributed by atoms with Crippen molar-refractivity contribution in [1.82, 2.24) is 9.78 Å². The average molecular weight is 353 g/mol. The summed E-state index contributed by atoms with van der Waals surface area (Å²) in [4.78, 5) is 0. The fraction of sp³-hybridized carbons (Fsp3) is 0.208. The van der Waals surface area contributed by atoms with Gasteiger partial charge in [-0.25, -0.2) is 4.68 Å². The summed E-state index contributed by atoms with van der Waals surface area (Å²) in [6.45, 7) is 3.15. The second-order valence-corrected chi connectivity index (χ2v) is 7.28. The summed E-state index contributed by atoms with van der Waals surface area (Å²) in [5.41, 5.74) is 6.06. The van der Waals surface area contributed by atoms with E-state index in [4.69, 9.17) is 5.10 Å². The Morgan fingerprint density at radius 1 is 0.889 bits per heavy atom. The van der Waals surface area contributed by atoms with Crippen LogP contribution in [0.5, 0.6) is 0 Å². The number of aryl methyl sites for hydroxylation is 1. The number of anilines is 1. The molecule has 0 saturated carbocycles. The molecule has 3 aromatic carbocycles. The summed E-state index contributed by atoms with van der Waals surface area (Å²) in [7, 11) is 0. The van der Waals surface area contributed by atoms with E-state index in [1.165, 1.54) is 40.3 Å². The van der Waals surface area contributed by atoms with Crippen LogP contribution < -0.4 is 5.32 Å². The molecule has 1 aliphatic heterocycles. The van der Waals surface area contributed by atoms with Gasteiger partial charge in [0, 0.05) is 17.7 Å². The molecule has 0 spiro atoms. The number of benzene rings is 3. The van der Waals surface area contributed by atoms with E-state index in [0.29, 0.717) is 0 Å². The lowest BCUT2D eigenvalue weighted by Gasteiger charge is -2.11. The molecule has 1 aliphatic rings. The first-order valence-corrected chi connectivity index (χ1v) is 9.73. The van der Waals surface area contributed by atoms with Crippen LogP contribution in [0.1, 0.15) is 24.0 Å². The van der Waals surface area contributed by atoms with E-state index < -0.39 is 0 Å². The number of para-hydroxylation sites is 1. The van der Waals surface area contributed by atoms with Gasteiger partial charge in [0.15, 0.2) is 0 Å². The van der Waals surface area contributed by atoms with Gasteiger partial charge >= 0.3 is 0 Å². The summed E-state index contributed by atoms with van der Waals surface area (Å²) >= 11 is 0. The Hall–Kier alpha value is -3.07. The lowest BCUT2D eigenvalue weighted by Crippen LogP contribution is -2.08. The molecule has 27 heavy (non-hydrogen) atoms. The van der Waals surface area contributed by atoms with Crippen LogP contribution in [0.3, 0.4) is 0 Å². The number of nitrogens with one attached hydrogen (secondary N) is 1. The van der Waals surface area contributed by atoms with Gasteiger partial charge in [-0.3, -0.25) is 0 Å². The van der Waals surface area contributed by atoms with Crippen molar-refractivity contribution in [2.45, 2.75) is 26.2 Å². The van der Waals surface area contributed by atoms with Crippen molar-refractivity contribution in [1.29, 1.82) is 0 Å². The van der Waals surface area contributed by atoms with E-state index in [-0.39, 0.29) is 0 Å². The van der Waals surface area contributed by atoms with Crippen LogP contribution in [0.2, 0.25) is 0 Å². The van der Waals surface area contributed by atoms with Gasteiger partial charge < -0.3 is 5.32 Å². The third-order valence-corrected chi connectivity index (χ3v) is 5.52. The zero-order valence-electron chi connectivity index (χ0n) is 15.6.